The summed E-state index contributed by atoms with van der Waals surface area (Å²) < 4.78 is 42.6. The summed E-state index contributed by atoms with van der Waals surface area (Å²) in [6, 6.07) is 6.69. The lowest BCUT2D eigenvalue weighted by Crippen LogP contribution is -2.37. The average Bonchev–Trinajstić information content (AvgIpc) is 3.01. The molecule has 7 nitrogen and oxygen atoms in total. The number of hydrogen-bond donors (Lipinski definition) is 0. The molecular formula is C17H14F3N5O2S. The van der Waals surface area contributed by atoms with Gasteiger partial charge in [0, 0.05) is 14.1 Å². The highest BCUT2D eigenvalue weighted by Gasteiger charge is 2.30. The minimum atomic E-state index is -4.49. The maximum absolute atomic E-state index is 13.0. The Kier molecular flexibility index (Phi) is 5.08. The van der Waals surface area contributed by atoms with Crippen LogP contribution in [0, 0.1) is 11.3 Å². The highest BCUT2D eigenvalue weighted by atomic mass is 32.2. The van der Waals surface area contributed by atoms with Crippen LogP contribution in [-0.2, 0) is 26.8 Å². The van der Waals surface area contributed by atoms with E-state index in [4.69, 9.17) is 5.26 Å². The van der Waals surface area contributed by atoms with Crippen molar-refractivity contribution >= 4 is 22.9 Å². The molecule has 0 radical (unpaired) electrons. The molecule has 3 aromatic rings. The quantitative estimate of drug-likeness (QED) is 0.616. The van der Waals surface area contributed by atoms with Crippen molar-refractivity contribution in [2.45, 2.75) is 17.9 Å². The summed E-state index contributed by atoms with van der Waals surface area (Å²) in [7, 11) is 2.76. The first-order valence-electron chi connectivity index (χ1n) is 7.97. The Morgan fingerprint density at radius 1 is 1.21 bits per heavy atom. The predicted molar refractivity (Wildman–Crippen MR) is 97.1 cm³/mol. The molecule has 0 saturated heterocycles. The first-order valence-corrected chi connectivity index (χ1v) is 8.96. The molecule has 0 amide bonds. The van der Waals surface area contributed by atoms with Crippen LogP contribution in [0.3, 0.4) is 0 Å². The molecule has 0 fully saturated rings. The molecule has 2 aromatic heterocycles. The monoisotopic (exact) mass is 409 g/mol. The van der Waals surface area contributed by atoms with E-state index < -0.39 is 23.0 Å². The van der Waals surface area contributed by atoms with E-state index in [0.717, 1.165) is 28.5 Å². The summed E-state index contributed by atoms with van der Waals surface area (Å²) in [5, 5.41) is 9.12. The Labute approximate surface area is 160 Å². The lowest BCUT2D eigenvalue weighted by atomic mass is 10.1. The van der Waals surface area contributed by atoms with Crippen LogP contribution in [0.15, 0.2) is 39.0 Å². The zero-order valence-corrected chi connectivity index (χ0v) is 15.6. The van der Waals surface area contributed by atoms with Gasteiger partial charge < -0.3 is 4.57 Å². The molecule has 11 heteroatoms. The van der Waals surface area contributed by atoms with E-state index >= 15 is 0 Å². The van der Waals surface area contributed by atoms with Crippen molar-refractivity contribution in [3.63, 3.8) is 0 Å². The number of fused-ring (bicyclic) bond motifs is 1. The number of nitriles is 1. The maximum atomic E-state index is 13.0. The Morgan fingerprint density at radius 2 is 1.93 bits per heavy atom. The van der Waals surface area contributed by atoms with Crippen molar-refractivity contribution in [1.29, 1.82) is 5.26 Å². The summed E-state index contributed by atoms with van der Waals surface area (Å²) in [6.07, 6.45) is -4.49. The largest absolute Gasteiger partial charge is 0.416 e. The van der Waals surface area contributed by atoms with Crippen LogP contribution in [0.1, 0.15) is 11.1 Å². The van der Waals surface area contributed by atoms with E-state index in [1.165, 1.54) is 35.4 Å². The fourth-order valence-corrected chi connectivity index (χ4v) is 3.47. The van der Waals surface area contributed by atoms with Crippen LogP contribution in [0.4, 0.5) is 13.2 Å². The van der Waals surface area contributed by atoms with Gasteiger partial charge in [-0.15, -0.1) is 0 Å². The molecule has 1 aromatic carbocycles. The van der Waals surface area contributed by atoms with Gasteiger partial charge in [0.1, 0.15) is 0 Å². The topological polar surface area (TPSA) is 85.6 Å². The number of benzene rings is 1. The standard InChI is InChI=1S/C17H14F3N5O2S/c1-23-13-12(14(26)24(2)16(23)27)25(15(22-13)28-7-6-21)9-10-4-3-5-11(8-10)17(18,19)20/h3-5,8H,7,9H2,1-2H3. The Bertz CT molecular complexity index is 1220. The van der Waals surface area contributed by atoms with Gasteiger partial charge in [0.25, 0.3) is 5.56 Å². The average molecular weight is 409 g/mol. The molecule has 0 N–H and O–H groups in total. The van der Waals surface area contributed by atoms with Crippen LogP contribution in [0.2, 0.25) is 0 Å². The molecule has 0 atom stereocenters. The molecule has 0 aliphatic rings. The molecular weight excluding hydrogens is 395 g/mol. The van der Waals surface area contributed by atoms with Crippen molar-refractivity contribution in [3.05, 3.63) is 56.2 Å². The normalized spacial score (nSPS) is 11.7. The Balaban J connectivity index is 2.23. The second-order valence-electron chi connectivity index (χ2n) is 6.00. The summed E-state index contributed by atoms with van der Waals surface area (Å²) in [5.41, 5.74) is -1.48. The summed E-state index contributed by atoms with van der Waals surface area (Å²) >= 11 is 1.04. The molecule has 0 saturated carbocycles. The third-order valence-electron chi connectivity index (χ3n) is 4.17. The SMILES string of the molecule is Cn1c(=O)c2c(nc(SCC#N)n2Cc2cccc(C(F)(F)F)c2)n(C)c1=O. The molecule has 28 heavy (non-hydrogen) atoms. The zero-order chi connectivity index (χ0) is 20.6. The predicted octanol–water partition coefficient (Wildman–Crippen LogP) is 2.12. The molecule has 0 spiro atoms. The smallest absolute Gasteiger partial charge is 0.309 e. The number of nitrogens with zero attached hydrogens (tertiary/aromatic N) is 5. The van der Waals surface area contributed by atoms with E-state index in [9.17, 15) is 22.8 Å². The first kappa shape index (κ1) is 19.8. The molecule has 0 unspecified atom stereocenters. The van der Waals surface area contributed by atoms with Crippen molar-refractivity contribution in [2.24, 2.45) is 14.1 Å². The fourth-order valence-electron chi connectivity index (χ4n) is 2.81. The highest BCUT2D eigenvalue weighted by molar-refractivity contribution is 7.99. The van der Waals surface area contributed by atoms with Gasteiger partial charge in [0.2, 0.25) is 0 Å². The van der Waals surface area contributed by atoms with Crippen molar-refractivity contribution < 1.29 is 13.2 Å². The van der Waals surface area contributed by atoms with Crippen molar-refractivity contribution in [2.75, 3.05) is 5.75 Å². The van der Waals surface area contributed by atoms with Crippen molar-refractivity contribution in [1.82, 2.24) is 18.7 Å². The molecule has 3 rings (SSSR count). The molecule has 0 aliphatic carbocycles. The van der Waals surface area contributed by atoms with Crippen LogP contribution < -0.4 is 11.2 Å². The van der Waals surface area contributed by atoms with Gasteiger partial charge >= 0.3 is 11.9 Å². The van der Waals surface area contributed by atoms with Gasteiger partial charge in [-0.05, 0) is 17.7 Å². The third kappa shape index (κ3) is 3.43. The maximum Gasteiger partial charge on any atom is 0.416 e. The third-order valence-corrected chi connectivity index (χ3v) is 5.02. The number of aromatic nitrogens is 4. The molecule has 2 heterocycles. The zero-order valence-electron chi connectivity index (χ0n) is 14.8. The second kappa shape index (κ2) is 7.20. The van der Waals surface area contributed by atoms with Gasteiger partial charge in [-0.25, -0.2) is 9.78 Å². The van der Waals surface area contributed by atoms with Crippen LogP contribution >= 0.6 is 11.8 Å². The molecule has 0 bridgehead atoms. The lowest BCUT2D eigenvalue weighted by molar-refractivity contribution is -0.137. The minimum absolute atomic E-state index is 0.0280. The number of hydrogen-bond acceptors (Lipinski definition) is 5. The number of halogens is 3. The van der Waals surface area contributed by atoms with Gasteiger partial charge in [-0.1, -0.05) is 23.9 Å². The van der Waals surface area contributed by atoms with E-state index in [1.807, 2.05) is 6.07 Å². The van der Waals surface area contributed by atoms with E-state index in [2.05, 4.69) is 4.98 Å². The number of thioether (sulfide) groups is 1. The Morgan fingerprint density at radius 3 is 2.57 bits per heavy atom. The number of aryl methyl sites for hydroxylation is 1. The minimum Gasteiger partial charge on any atom is -0.309 e. The van der Waals surface area contributed by atoms with Crippen LogP contribution in [0.25, 0.3) is 11.2 Å². The number of imidazole rings is 1. The molecule has 0 aliphatic heterocycles. The Hall–Kier alpha value is -3.00. The van der Waals surface area contributed by atoms with Crippen molar-refractivity contribution in [3.8, 4) is 6.07 Å². The number of rotatable bonds is 4. The van der Waals surface area contributed by atoms with E-state index in [-0.39, 0.29) is 28.6 Å². The van der Waals surface area contributed by atoms with Crippen LogP contribution in [0.5, 0.6) is 0 Å². The van der Waals surface area contributed by atoms with Gasteiger partial charge in [-0.3, -0.25) is 13.9 Å². The van der Waals surface area contributed by atoms with Gasteiger partial charge in [0.05, 0.1) is 23.9 Å². The summed E-state index contributed by atoms with van der Waals surface area (Å²) in [5.74, 6) is 0.0280. The highest BCUT2D eigenvalue weighted by Crippen LogP contribution is 2.30. The van der Waals surface area contributed by atoms with E-state index in [1.54, 1.807) is 0 Å². The second-order valence-corrected chi connectivity index (χ2v) is 6.95. The lowest BCUT2D eigenvalue weighted by Gasteiger charge is -2.11. The summed E-state index contributed by atoms with van der Waals surface area (Å²) in [4.78, 5) is 29.1. The first-order chi connectivity index (χ1) is 13.1. The van der Waals surface area contributed by atoms with E-state index in [0.29, 0.717) is 5.56 Å². The fraction of sp³-hybridized carbons (Fsp3) is 0.294. The summed E-state index contributed by atoms with van der Waals surface area (Å²) in [6.45, 7) is -0.0678. The molecule has 146 valence electrons. The van der Waals surface area contributed by atoms with Gasteiger partial charge in [-0.2, -0.15) is 18.4 Å². The van der Waals surface area contributed by atoms with Crippen LogP contribution in [-0.4, -0.2) is 24.4 Å². The van der Waals surface area contributed by atoms with Gasteiger partial charge in [0.15, 0.2) is 16.3 Å². The number of alkyl halides is 3.